The Kier molecular flexibility index (Phi) is 5.19. The molecule has 3 N–H and O–H groups in total. The van der Waals surface area contributed by atoms with Gasteiger partial charge >= 0.3 is 0 Å². The third-order valence-corrected chi connectivity index (χ3v) is 5.16. The number of hydrogen-bond donors (Lipinski definition) is 2. The molecule has 0 radical (unpaired) electrons. The highest BCUT2D eigenvalue weighted by Gasteiger charge is 2.30. The molecule has 0 spiro atoms. The number of rotatable bonds is 5. The lowest BCUT2D eigenvalue weighted by atomic mass is 9.92. The molecule has 1 aromatic heterocycles. The van der Waals surface area contributed by atoms with E-state index in [1.54, 1.807) is 18.3 Å². The van der Waals surface area contributed by atoms with Crippen molar-refractivity contribution >= 4 is 33.2 Å². The summed E-state index contributed by atoms with van der Waals surface area (Å²) in [5, 5.41) is 2.92. The van der Waals surface area contributed by atoms with E-state index in [1.807, 2.05) is 24.3 Å². The molecule has 0 aliphatic rings. The maximum atomic E-state index is 12.4. The van der Waals surface area contributed by atoms with Crippen molar-refractivity contribution in [1.29, 1.82) is 0 Å². The van der Waals surface area contributed by atoms with Crippen LogP contribution in [0.1, 0.15) is 29.2 Å². The molecule has 0 saturated carbocycles. The van der Waals surface area contributed by atoms with Crippen molar-refractivity contribution in [1.82, 2.24) is 5.32 Å². The lowest BCUT2D eigenvalue weighted by Gasteiger charge is -2.24. The molecule has 2 aromatic rings. The lowest BCUT2D eigenvalue weighted by molar-refractivity contribution is -0.126. The lowest BCUT2D eigenvalue weighted by Crippen LogP contribution is -2.48. The van der Waals surface area contributed by atoms with Crippen molar-refractivity contribution in [2.75, 3.05) is 0 Å². The number of nitrogens with one attached hydrogen (secondary N) is 1. The molecule has 0 saturated heterocycles. The van der Waals surface area contributed by atoms with Gasteiger partial charge in [0.1, 0.15) is 5.54 Å². The summed E-state index contributed by atoms with van der Waals surface area (Å²) < 4.78 is 0.966. The molecule has 5 heteroatoms. The fourth-order valence-electron chi connectivity index (χ4n) is 1.99. The van der Waals surface area contributed by atoms with Crippen molar-refractivity contribution in [3.8, 4) is 0 Å². The molecule has 1 atom stereocenters. The molecule has 0 aliphatic carbocycles. The average molecular weight is 367 g/mol. The molecule has 0 fully saturated rings. The quantitative estimate of drug-likeness (QED) is 0.849. The van der Waals surface area contributed by atoms with Crippen LogP contribution < -0.4 is 11.1 Å². The van der Waals surface area contributed by atoms with E-state index >= 15 is 0 Å². The smallest absolute Gasteiger partial charge is 0.244 e. The van der Waals surface area contributed by atoms with Crippen LogP contribution >= 0.6 is 27.3 Å². The number of benzene rings is 1. The summed E-state index contributed by atoms with van der Waals surface area (Å²) in [6.45, 7) is 4.38. The van der Waals surface area contributed by atoms with Crippen molar-refractivity contribution < 1.29 is 4.79 Å². The Balaban J connectivity index is 2.02. The number of amides is 1. The zero-order chi connectivity index (χ0) is 15.5. The van der Waals surface area contributed by atoms with Crippen LogP contribution in [-0.2, 0) is 23.3 Å². The second kappa shape index (κ2) is 6.73. The standard InChI is InChI=1S/C16H19BrN2OS/c1-3-13-8-9-14(21-13)10-19-15(20)16(2,18)11-4-6-12(17)7-5-11/h4-9H,3,10,18H2,1-2H3,(H,19,20). The highest BCUT2D eigenvalue weighted by Crippen LogP contribution is 2.21. The predicted octanol–water partition coefficient (Wildman–Crippen LogP) is 3.56. The second-order valence-electron chi connectivity index (χ2n) is 5.11. The van der Waals surface area contributed by atoms with Gasteiger partial charge in [0.05, 0.1) is 6.54 Å². The van der Waals surface area contributed by atoms with Gasteiger partial charge in [-0.1, -0.05) is 35.0 Å². The van der Waals surface area contributed by atoms with E-state index in [4.69, 9.17) is 5.73 Å². The summed E-state index contributed by atoms with van der Waals surface area (Å²) >= 11 is 5.10. The summed E-state index contributed by atoms with van der Waals surface area (Å²) in [6, 6.07) is 11.7. The number of thiophene rings is 1. The zero-order valence-electron chi connectivity index (χ0n) is 12.2. The normalized spacial score (nSPS) is 13.7. The molecule has 1 aromatic carbocycles. The monoisotopic (exact) mass is 366 g/mol. The first-order valence-electron chi connectivity index (χ1n) is 6.84. The van der Waals surface area contributed by atoms with Gasteiger partial charge in [0.15, 0.2) is 0 Å². The molecule has 1 heterocycles. The van der Waals surface area contributed by atoms with Gasteiger partial charge in [0, 0.05) is 14.2 Å². The van der Waals surface area contributed by atoms with E-state index in [0.717, 1.165) is 21.3 Å². The first-order valence-corrected chi connectivity index (χ1v) is 8.45. The van der Waals surface area contributed by atoms with Gasteiger partial charge in [0.2, 0.25) is 5.91 Å². The predicted molar refractivity (Wildman–Crippen MR) is 91.2 cm³/mol. The summed E-state index contributed by atoms with van der Waals surface area (Å²) in [7, 11) is 0. The molecule has 0 aliphatic heterocycles. The average Bonchev–Trinajstić information content (AvgIpc) is 2.93. The van der Waals surface area contributed by atoms with Gasteiger partial charge in [-0.15, -0.1) is 11.3 Å². The van der Waals surface area contributed by atoms with Gasteiger partial charge in [-0.05, 0) is 43.2 Å². The number of hydrogen-bond acceptors (Lipinski definition) is 3. The molecule has 112 valence electrons. The van der Waals surface area contributed by atoms with Crippen LogP contribution in [-0.4, -0.2) is 5.91 Å². The second-order valence-corrected chi connectivity index (χ2v) is 7.28. The fraction of sp³-hybridized carbons (Fsp3) is 0.312. The van der Waals surface area contributed by atoms with E-state index in [2.05, 4.69) is 40.3 Å². The molecular weight excluding hydrogens is 348 g/mol. The zero-order valence-corrected chi connectivity index (χ0v) is 14.6. The number of halogens is 1. The number of carbonyl (C=O) groups excluding carboxylic acids is 1. The van der Waals surface area contributed by atoms with E-state index in [9.17, 15) is 4.79 Å². The molecule has 3 nitrogen and oxygen atoms in total. The van der Waals surface area contributed by atoms with E-state index < -0.39 is 5.54 Å². The highest BCUT2D eigenvalue weighted by atomic mass is 79.9. The van der Waals surface area contributed by atoms with Crippen LogP contribution in [0.25, 0.3) is 0 Å². The first-order chi connectivity index (χ1) is 9.93. The SMILES string of the molecule is CCc1ccc(CNC(=O)C(C)(N)c2ccc(Br)cc2)s1. The van der Waals surface area contributed by atoms with Crippen LogP contribution in [0.4, 0.5) is 0 Å². The minimum Gasteiger partial charge on any atom is -0.349 e. The third kappa shape index (κ3) is 3.93. The summed E-state index contributed by atoms with van der Waals surface area (Å²) in [5.74, 6) is -0.170. The van der Waals surface area contributed by atoms with Crippen molar-refractivity contribution in [2.45, 2.75) is 32.4 Å². The number of nitrogens with two attached hydrogens (primary N) is 1. The Labute approximate surface area is 137 Å². The van der Waals surface area contributed by atoms with Crippen LogP contribution in [0.3, 0.4) is 0 Å². The minimum absolute atomic E-state index is 0.170. The van der Waals surface area contributed by atoms with Gasteiger partial charge in [-0.3, -0.25) is 4.79 Å². The maximum Gasteiger partial charge on any atom is 0.244 e. The van der Waals surface area contributed by atoms with Crippen LogP contribution in [0, 0.1) is 0 Å². The summed E-state index contributed by atoms with van der Waals surface area (Å²) in [6.07, 6.45) is 1.02. The Morgan fingerprint density at radius 3 is 2.43 bits per heavy atom. The minimum atomic E-state index is -1.04. The number of aryl methyl sites for hydroxylation is 1. The van der Waals surface area contributed by atoms with E-state index in [-0.39, 0.29) is 5.91 Å². The Morgan fingerprint density at radius 2 is 1.86 bits per heavy atom. The summed E-state index contributed by atoms with van der Waals surface area (Å²) in [4.78, 5) is 14.8. The van der Waals surface area contributed by atoms with Crippen molar-refractivity contribution in [3.63, 3.8) is 0 Å². The van der Waals surface area contributed by atoms with E-state index in [1.165, 1.54) is 4.88 Å². The Morgan fingerprint density at radius 1 is 1.24 bits per heavy atom. The number of carbonyl (C=O) groups is 1. The van der Waals surface area contributed by atoms with E-state index in [0.29, 0.717) is 6.54 Å². The molecule has 1 amide bonds. The van der Waals surface area contributed by atoms with Gasteiger partial charge in [-0.2, -0.15) is 0 Å². The van der Waals surface area contributed by atoms with Gasteiger partial charge < -0.3 is 11.1 Å². The van der Waals surface area contributed by atoms with Crippen molar-refractivity contribution in [3.05, 3.63) is 56.2 Å². The van der Waals surface area contributed by atoms with Crippen LogP contribution in [0.2, 0.25) is 0 Å². The molecule has 2 rings (SSSR count). The molecular formula is C16H19BrN2OS. The van der Waals surface area contributed by atoms with Crippen LogP contribution in [0.5, 0.6) is 0 Å². The highest BCUT2D eigenvalue weighted by molar-refractivity contribution is 9.10. The van der Waals surface area contributed by atoms with Gasteiger partial charge in [-0.25, -0.2) is 0 Å². The van der Waals surface area contributed by atoms with Gasteiger partial charge in [0.25, 0.3) is 0 Å². The first kappa shape index (κ1) is 16.2. The largest absolute Gasteiger partial charge is 0.349 e. The fourth-order valence-corrected chi connectivity index (χ4v) is 3.15. The maximum absolute atomic E-state index is 12.4. The molecule has 0 bridgehead atoms. The van der Waals surface area contributed by atoms with Crippen molar-refractivity contribution in [2.24, 2.45) is 5.73 Å². The molecule has 1 unspecified atom stereocenters. The third-order valence-electron chi connectivity index (χ3n) is 3.40. The Hall–Kier alpha value is -1.17. The molecule has 21 heavy (non-hydrogen) atoms. The van der Waals surface area contributed by atoms with Crippen LogP contribution in [0.15, 0.2) is 40.9 Å². The topological polar surface area (TPSA) is 55.1 Å². The Bertz CT molecular complexity index is 619. The summed E-state index contributed by atoms with van der Waals surface area (Å²) in [5.41, 5.74) is 5.96.